The Kier molecular flexibility index (Phi) is 3.86. The zero-order valence-electron chi connectivity index (χ0n) is 10.8. The van der Waals surface area contributed by atoms with Gasteiger partial charge in [0.25, 0.3) is 0 Å². The second kappa shape index (κ2) is 5.39. The number of amides is 2. The van der Waals surface area contributed by atoms with Gasteiger partial charge in [-0.25, -0.2) is 4.79 Å². The molecule has 6 heteroatoms. The molecule has 1 fully saturated rings. The van der Waals surface area contributed by atoms with E-state index in [2.05, 4.69) is 10.3 Å². The number of urea groups is 1. The molecule has 1 atom stereocenters. The number of oxazole rings is 1. The van der Waals surface area contributed by atoms with Crippen LogP contribution in [-0.4, -0.2) is 40.7 Å². The number of hydrogen-bond acceptors (Lipinski definition) is 4. The molecule has 18 heavy (non-hydrogen) atoms. The first-order valence-corrected chi connectivity index (χ1v) is 6.21. The Hall–Kier alpha value is -1.56. The van der Waals surface area contributed by atoms with Crippen molar-refractivity contribution in [3.8, 4) is 0 Å². The number of anilines is 1. The zero-order chi connectivity index (χ0) is 13.1. The molecule has 1 unspecified atom stereocenters. The Labute approximate surface area is 106 Å². The van der Waals surface area contributed by atoms with Gasteiger partial charge in [0.1, 0.15) is 5.76 Å². The molecular weight excluding hydrogens is 234 g/mol. The van der Waals surface area contributed by atoms with Gasteiger partial charge in [-0.2, -0.15) is 4.98 Å². The molecule has 100 valence electrons. The minimum atomic E-state index is -0.214. The number of carbonyl (C=O) groups excluding carboxylic acids is 1. The van der Waals surface area contributed by atoms with Gasteiger partial charge < -0.3 is 14.4 Å². The van der Waals surface area contributed by atoms with Crippen molar-refractivity contribution in [1.82, 2.24) is 9.88 Å². The van der Waals surface area contributed by atoms with Crippen LogP contribution in [0.25, 0.3) is 0 Å². The van der Waals surface area contributed by atoms with Gasteiger partial charge in [-0.05, 0) is 32.6 Å². The lowest BCUT2D eigenvalue weighted by atomic mass is 9.99. The molecule has 0 radical (unpaired) electrons. The predicted octanol–water partition coefficient (Wildman–Crippen LogP) is 1.53. The van der Waals surface area contributed by atoms with E-state index in [1.807, 2.05) is 6.92 Å². The van der Waals surface area contributed by atoms with Crippen molar-refractivity contribution in [3.05, 3.63) is 11.5 Å². The van der Waals surface area contributed by atoms with Crippen molar-refractivity contribution >= 4 is 12.0 Å². The second-order valence-electron chi connectivity index (χ2n) is 4.73. The number of rotatable bonds is 2. The van der Waals surface area contributed by atoms with Crippen molar-refractivity contribution in [1.29, 1.82) is 0 Å². The van der Waals surface area contributed by atoms with Crippen LogP contribution in [0.4, 0.5) is 10.8 Å². The maximum atomic E-state index is 12.0. The third-order valence-corrected chi connectivity index (χ3v) is 3.31. The molecule has 0 bridgehead atoms. The fourth-order valence-electron chi connectivity index (χ4n) is 2.10. The number of aliphatic hydroxyl groups excluding tert-OH is 1. The van der Waals surface area contributed by atoms with Crippen LogP contribution in [0, 0.1) is 19.8 Å². The van der Waals surface area contributed by atoms with Crippen LogP contribution in [0.3, 0.4) is 0 Å². The predicted molar refractivity (Wildman–Crippen MR) is 66.4 cm³/mol. The molecule has 0 saturated carbocycles. The number of aromatic nitrogens is 1. The number of aliphatic hydroxyl groups is 1. The highest BCUT2D eigenvalue weighted by Gasteiger charge is 2.24. The first kappa shape index (κ1) is 12.9. The zero-order valence-corrected chi connectivity index (χ0v) is 10.8. The van der Waals surface area contributed by atoms with E-state index >= 15 is 0 Å². The molecule has 1 aliphatic heterocycles. The Morgan fingerprint density at radius 3 is 3.00 bits per heavy atom. The van der Waals surface area contributed by atoms with Gasteiger partial charge in [0, 0.05) is 19.7 Å². The van der Waals surface area contributed by atoms with Crippen molar-refractivity contribution in [2.75, 3.05) is 25.0 Å². The van der Waals surface area contributed by atoms with Crippen molar-refractivity contribution < 1.29 is 14.3 Å². The number of likely N-dealkylation sites (tertiary alicyclic amines) is 1. The van der Waals surface area contributed by atoms with Gasteiger partial charge in [-0.1, -0.05) is 0 Å². The summed E-state index contributed by atoms with van der Waals surface area (Å²) in [5, 5.41) is 11.8. The molecule has 0 spiro atoms. The van der Waals surface area contributed by atoms with E-state index in [0.29, 0.717) is 18.8 Å². The molecule has 6 nitrogen and oxygen atoms in total. The van der Waals surface area contributed by atoms with Gasteiger partial charge in [0.05, 0.1) is 5.69 Å². The van der Waals surface area contributed by atoms with Crippen LogP contribution >= 0.6 is 0 Å². The molecule has 1 aromatic rings. The van der Waals surface area contributed by atoms with Gasteiger partial charge in [-0.3, -0.25) is 5.32 Å². The maximum absolute atomic E-state index is 12.0. The summed E-state index contributed by atoms with van der Waals surface area (Å²) in [5.74, 6) is 0.884. The maximum Gasteiger partial charge on any atom is 0.325 e. The summed E-state index contributed by atoms with van der Waals surface area (Å²) in [6.07, 6.45) is 1.89. The highest BCUT2D eigenvalue weighted by Crippen LogP contribution is 2.18. The average molecular weight is 253 g/mol. The molecule has 2 heterocycles. The molecular formula is C12H19N3O3. The number of nitrogens with one attached hydrogen (secondary N) is 1. The van der Waals surface area contributed by atoms with Crippen molar-refractivity contribution in [2.45, 2.75) is 26.7 Å². The van der Waals surface area contributed by atoms with E-state index in [-0.39, 0.29) is 24.6 Å². The largest absolute Gasteiger partial charge is 0.428 e. The first-order valence-electron chi connectivity index (χ1n) is 6.21. The van der Waals surface area contributed by atoms with Crippen molar-refractivity contribution in [3.63, 3.8) is 0 Å². The molecule has 0 aliphatic carbocycles. The Morgan fingerprint density at radius 1 is 1.61 bits per heavy atom. The molecule has 1 saturated heterocycles. The van der Waals surface area contributed by atoms with E-state index in [0.717, 1.165) is 18.5 Å². The summed E-state index contributed by atoms with van der Waals surface area (Å²) in [6, 6.07) is 0.0236. The topological polar surface area (TPSA) is 78.6 Å². The summed E-state index contributed by atoms with van der Waals surface area (Å²) in [5.41, 5.74) is 0.775. The SMILES string of the molecule is Cc1nc(NC(=O)N2CCCC(CO)C2)oc1C. The molecule has 2 amide bonds. The third-order valence-electron chi connectivity index (χ3n) is 3.31. The summed E-state index contributed by atoms with van der Waals surface area (Å²) in [7, 11) is 0. The Morgan fingerprint density at radius 2 is 2.39 bits per heavy atom. The number of piperidine rings is 1. The van der Waals surface area contributed by atoms with Crippen LogP contribution in [0.5, 0.6) is 0 Å². The highest BCUT2D eigenvalue weighted by atomic mass is 16.4. The average Bonchev–Trinajstić information content (AvgIpc) is 2.68. The number of carbonyl (C=O) groups is 1. The van der Waals surface area contributed by atoms with Gasteiger partial charge in [0.2, 0.25) is 0 Å². The fraction of sp³-hybridized carbons (Fsp3) is 0.667. The summed E-state index contributed by atoms with van der Waals surface area (Å²) in [6.45, 7) is 5.06. The first-order chi connectivity index (χ1) is 8.60. The van der Waals surface area contributed by atoms with E-state index in [1.54, 1.807) is 11.8 Å². The molecule has 1 aromatic heterocycles. The molecule has 0 aromatic carbocycles. The molecule has 2 N–H and O–H groups in total. The standard InChI is InChI=1S/C12H19N3O3/c1-8-9(2)18-11(13-8)14-12(17)15-5-3-4-10(6-15)7-16/h10,16H,3-7H2,1-2H3,(H,13,14,17). The third kappa shape index (κ3) is 2.81. The van der Waals surface area contributed by atoms with Crippen molar-refractivity contribution in [2.24, 2.45) is 5.92 Å². The van der Waals surface area contributed by atoms with Gasteiger partial charge >= 0.3 is 12.0 Å². The Balaban J connectivity index is 1.95. The fourth-order valence-corrected chi connectivity index (χ4v) is 2.10. The second-order valence-corrected chi connectivity index (χ2v) is 4.73. The van der Waals surface area contributed by atoms with Crippen LogP contribution in [0.2, 0.25) is 0 Å². The lowest BCUT2D eigenvalue weighted by molar-refractivity contribution is 0.136. The summed E-state index contributed by atoms with van der Waals surface area (Å²) < 4.78 is 5.31. The minimum absolute atomic E-state index is 0.126. The number of nitrogens with zero attached hydrogens (tertiary/aromatic N) is 2. The smallest absolute Gasteiger partial charge is 0.325 e. The number of hydrogen-bond donors (Lipinski definition) is 2. The Bertz CT molecular complexity index is 411. The van der Waals surface area contributed by atoms with E-state index in [1.165, 1.54) is 0 Å². The van der Waals surface area contributed by atoms with E-state index < -0.39 is 0 Å². The quantitative estimate of drug-likeness (QED) is 0.837. The van der Waals surface area contributed by atoms with Crippen LogP contribution < -0.4 is 5.32 Å². The normalized spacial score (nSPS) is 19.9. The lowest BCUT2D eigenvalue weighted by Gasteiger charge is -2.31. The summed E-state index contributed by atoms with van der Waals surface area (Å²) >= 11 is 0. The van der Waals surface area contributed by atoms with Crippen LogP contribution in [0.15, 0.2) is 4.42 Å². The lowest BCUT2D eigenvalue weighted by Crippen LogP contribution is -2.43. The number of aryl methyl sites for hydroxylation is 2. The van der Waals surface area contributed by atoms with Gasteiger partial charge in [0.15, 0.2) is 0 Å². The van der Waals surface area contributed by atoms with E-state index in [9.17, 15) is 4.79 Å². The summed E-state index contributed by atoms with van der Waals surface area (Å²) in [4.78, 5) is 17.8. The monoisotopic (exact) mass is 253 g/mol. The molecule has 2 rings (SSSR count). The minimum Gasteiger partial charge on any atom is -0.428 e. The van der Waals surface area contributed by atoms with Gasteiger partial charge in [-0.15, -0.1) is 0 Å². The molecule has 1 aliphatic rings. The van der Waals surface area contributed by atoms with Crippen LogP contribution in [-0.2, 0) is 0 Å². The van der Waals surface area contributed by atoms with E-state index in [4.69, 9.17) is 9.52 Å². The highest BCUT2D eigenvalue weighted by molar-refractivity contribution is 5.87. The van der Waals surface area contributed by atoms with Crippen LogP contribution in [0.1, 0.15) is 24.3 Å².